The highest BCUT2D eigenvalue weighted by atomic mass is 32.2. The Balaban J connectivity index is 3.15. The number of aliphatic hydroxyl groups is 1. The summed E-state index contributed by atoms with van der Waals surface area (Å²) in [6, 6.07) is 2.45. The van der Waals surface area contributed by atoms with Crippen LogP contribution in [0.2, 0.25) is 0 Å². The normalized spacial score (nSPS) is 13.3. The first-order valence-corrected chi connectivity index (χ1v) is 6.43. The standard InChI is InChI=1S/C10H12FNO5S/c1-6(13)5-12-18(16,17)9-4-7(10(14)15)2-3-8(9)11/h2-4,6,12-13H,5H2,1H3,(H,14,15)/t6-/m0/s1. The fourth-order valence-corrected chi connectivity index (χ4v) is 2.37. The molecule has 0 amide bonds. The van der Waals surface area contributed by atoms with Crippen LogP contribution in [0, 0.1) is 5.82 Å². The predicted molar refractivity (Wildman–Crippen MR) is 60.2 cm³/mol. The second-order valence-electron chi connectivity index (χ2n) is 3.65. The van der Waals surface area contributed by atoms with Gasteiger partial charge in [0.1, 0.15) is 10.7 Å². The van der Waals surface area contributed by atoms with Gasteiger partial charge in [-0.1, -0.05) is 0 Å². The molecule has 0 unspecified atom stereocenters. The molecule has 1 aromatic rings. The van der Waals surface area contributed by atoms with Crippen LogP contribution in [-0.4, -0.2) is 37.2 Å². The van der Waals surface area contributed by atoms with Crippen LogP contribution in [0.5, 0.6) is 0 Å². The summed E-state index contributed by atoms with van der Waals surface area (Å²) in [5, 5.41) is 17.7. The molecule has 1 rings (SSSR count). The van der Waals surface area contributed by atoms with Gasteiger partial charge in [0, 0.05) is 6.54 Å². The van der Waals surface area contributed by atoms with Gasteiger partial charge in [-0.2, -0.15) is 0 Å². The molecule has 0 aromatic heterocycles. The zero-order valence-corrected chi connectivity index (χ0v) is 10.2. The Labute approximate surface area is 103 Å². The Morgan fingerprint density at radius 3 is 2.61 bits per heavy atom. The van der Waals surface area contributed by atoms with Gasteiger partial charge < -0.3 is 10.2 Å². The highest BCUT2D eigenvalue weighted by molar-refractivity contribution is 7.89. The summed E-state index contributed by atoms with van der Waals surface area (Å²) in [5.41, 5.74) is -0.339. The summed E-state index contributed by atoms with van der Waals surface area (Å²) in [6.07, 6.45) is -0.939. The van der Waals surface area contributed by atoms with Crippen molar-refractivity contribution in [3.8, 4) is 0 Å². The van der Waals surface area contributed by atoms with E-state index < -0.39 is 32.8 Å². The Hall–Kier alpha value is -1.51. The second-order valence-corrected chi connectivity index (χ2v) is 5.39. The largest absolute Gasteiger partial charge is 0.478 e. The summed E-state index contributed by atoms with van der Waals surface area (Å²) >= 11 is 0. The maximum Gasteiger partial charge on any atom is 0.335 e. The van der Waals surface area contributed by atoms with Crippen molar-refractivity contribution in [2.75, 3.05) is 6.54 Å². The van der Waals surface area contributed by atoms with E-state index in [1.165, 1.54) is 6.92 Å². The van der Waals surface area contributed by atoms with Crippen molar-refractivity contribution in [1.29, 1.82) is 0 Å². The smallest absolute Gasteiger partial charge is 0.335 e. The number of nitrogens with one attached hydrogen (secondary N) is 1. The minimum atomic E-state index is -4.19. The lowest BCUT2D eigenvalue weighted by atomic mass is 10.2. The van der Waals surface area contributed by atoms with Crippen LogP contribution in [0.1, 0.15) is 17.3 Å². The Kier molecular flexibility index (Phi) is 4.38. The zero-order valence-electron chi connectivity index (χ0n) is 9.42. The minimum Gasteiger partial charge on any atom is -0.478 e. The summed E-state index contributed by atoms with van der Waals surface area (Å²) in [7, 11) is -4.19. The average molecular weight is 277 g/mol. The van der Waals surface area contributed by atoms with Gasteiger partial charge in [0.05, 0.1) is 11.7 Å². The maximum atomic E-state index is 13.4. The van der Waals surface area contributed by atoms with Crippen LogP contribution < -0.4 is 4.72 Å². The first kappa shape index (κ1) is 14.6. The lowest BCUT2D eigenvalue weighted by Crippen LogP contribution is -2.31. The quantitative estimate of drug-likeness (QED) is 0.712. The molecular formula is C10H12FNO5S. The van der Waals surface area contributed by atoms with Crippen LogP contribution >= 0.6 is 0 Å². The lowest BCUT2D eigenvalue weighted by molar-refractivity contribution is 0.0696. The topological polar surface area (TPSA) is 104 Å². The second kappa shape index (κ2) is 5.42. The van der Waals surface area contributed by atoms with Gasteiger partial charge in [0.2, 0.25) is 10.0 Å². The number of halogens is 1. The molecule has 100 valence electrons. The van der Waals surface area contributed by atoms with Gasteiger partial charge in [-0.25, -0.2) is 22.3 Å². The molecular weight excluding hydrogens is 265 g/mol. The summed E-state index contributed by atoms with van der Waals surface area (Å²) in [6.45, 7) is 1.06. The molecule has 18 heavy (non-hydrogen) atoms. The summed E-state index contributed by atoms with van der Waals surface area (Å²) < 4.78 is 38.7. The van der Waals surface area contributed by atoms with Crippen molar-refractivity contribution in [3.05, 3.63) is 29.6 Å². The van der Waals surface area contributed by atoms with Crippen molar-refractivity contribution >= 4 is 16.0 Å². The molecule has 8 heteroatoms. The monoisotopic (exact) mass is 277 g/mol. The molecule has 0 saturated carbocycles. The molecule has 0 bridgehead atoms. The number of aromatic carboxylic acids is 1. The van der Waals surface area contributed by atoms with Gasteiger partial charge in [0.25, 0.3) is 0 Å². The van der Waals surface area contributed by atoms with Crippen molar-refractivity contribution in [1.82, 2.24) is 4.72 Å². The van der Waals surface area contributed by atoms with Crippen molar-refractivity contribution < 1.29 is 27.8 Å². The number of carboxylic acids is 1. The van der Waals surface area contributed by atoms with E-state index >= 15 is 0 Å². The Bertz CT molecular complexity index is 555. The molecule has 1 atom stereocenters. The number of hydrogen-bond donors (Lipinski definition) is 3. The molecule has 0 heterocycles. The first-order chi connectivity index (χ1) is 8.24. The van der Waals surface area contributed by atoms with Crippen molar-refractivity contribution in [3.63, 3.8) is 0 Å². The van der Waals surface area contributed by atoms with Crippen LogP contribution in [0.3, 0.4) is 0 Å². The van der Waals surface area contributed by atoms with E-state index in [0.29, 0.717) is 0 Å². The molecule has 0 radical (unpaired) electrons. The van der Waals surface area contributed by atoms with Gasteiger partial charge in [0.15, 0.2) is 0 Å². The fourth-order valence-electron chi connectivity index (χ4n) is 1.15. The SMILES string of the molecule is C[C@H](O)CNS(=O)(=O)c1cc(C(=O)O)ccc1F. The zero-order chi connectivity index (χ0) is 13.9. The molecule has 3 N–H and O–H groups in total. The molecule has 0 spiro atoms. The molecule has 0 saturated heterocycles. The van der Waals surface area contributed by atoms with E-state index in [1.54, 1.807) is 0 Å². The fraction of sp³-hybridized carbons (Fsp3) is 0.300. The van der Waals surface area contributed by atoms with Crippen LogP contribution in [0.25, 0.3) is 0 Å². The number of hydrogen-bond acceptors (Lipinski definition) is 4. The number of aliphatic hydroxyl groups excluding tert-OH is 1. The van der Waals surface area contributed by atoms with E-state index in [1.807, 2.05) is 4.72 Å². The van der Waals surface area contributed by atoms with Crippen LogP contribution in [-0.2, 0) is 10.0 Å². The van der Waals surface area contributed by atoms with E-state index in [9.17, 15) is 17.6 Å². The van der Waals surface area contributed by atoms with Gasteiger partial charge >= 0.3 is 5.97 Å². The molecule has 0 aliphatic carbocycles. The van der Waals surface area contributed by atoms with Gasteiger partial charge in [-0.05, 0) is 25.1 Å². The molecule has 0 fully saturated rings. The molecule has 6 nitrogen and oxygen atoms in total. The lowest BCUT2D eigenvalue weighted by Gasteiger charge is -2.09. The van der Waals surface area contributed by atoms with Crippen molar-refractivity contribution in [2.45, 2.75) is 17.9 Å². The summed E-state index contributed by atoms with van der Waals surface area (Å²) in [5.74, 6) is -2.42. The highest BCUT2D eigenvalue weighted by Gasteiger charge is 2.21. The van der Waals surface area contributed by atoms with E-state index in [0.717, 1.165) is 18.2 Å². The van der Waals surface area contributed by atoms with Crippen molar-refractivity contribution in [2.24, 2.45) is 0 Å². The molecule has 0 aliphatic rings. The molecule has 1 aromatic carbocycles. The third kappa shape index (κ3) is 3.49. The van der Waals surface area contributed by atoms with Crippen LogP contribution in [0.15, 0.2) is 23.1 Å². The first-order valence-electron chi connectivity index (χ1n) is 4.94. The van der Waals surface area contributed by atoms with E-state index in [-0.39, 0.29) is 12.1 Å². The Morgan fingerprint density at radius 1 is 1.50 bits per heavy atom. The van der Waals surface area contributed by atoms with E-state index in [2.05, 4.69) is 0 Å². The minimum absolute atomic E-state index is 0.293. The maximum absolute atomic E-state index is 13.4. The van der Waals surface area contributed by atoms with Gasteiger partial charge in [-0.15, -0.1) is 0 Å². The number of carbonyl (C=O) groups is 1. The molecule has 0 aliphatic heterocycles. The number of sulfonamides is 1. The highest BCUT2D eigenvalue weighted by Crippen LogP contribution is 2.16. The Morgan fingerprint density at radius 2 is 2.11 bits per heavy atom. The number of carboxylic acid groups (broad SMARTS) is 1. The van der Waals surface area contributed by atoms with Gasteiger partial charge in [-0.3, -0.25) is 0 Å². The summed E-state index contributed by atoms with van der Waals surface area (Å²) in [4.78, 5) is 9.92. The third-order valence-corrected chi connectivity index (χ3v) is 3.48. The number of rotatable bonds is 5. The number of benzene rings is 1. The third-order valence-electron chi connectivity index (χ3n) is 2.04. The predicted octanol–water partition coefficient (Wildman–Crippen LogP) is 0.183. The van der Waals surface area contributed by atoms with E-state index in [4.69, 9.17) is 10.2 Å². The van der Waals surface area contributed by atoms with Crippen LogP contribution in [0.4, 0.5) is 4.39 Å². The average Bonchev–Trinajstić information content (AvgIpc) is 2.26.